The van der Waals surface area contributed by atoms with E-state index in [9.17, 15) is 0 Å². The number of nitrogens with one attached hydrogen (secondary N) is 1. The van der Waals surface area contributed by atoms with Gasteiger partial charge in [-0.15, -0.1) is 11.3 Å². The minimum absolute atomic E-state index is 0.198. The van der Waals surface area contributed by atoms with Gasteiger partial charge in [0.15, 0.2) is 0 Å². The van der Waals surface area contributed by atoms with E-state index < -0.39 is 0 Å². The average molecular weight is 315 g/mol. The van der Waals surface area contributed by atoms with Gasteiger partial charge in [0.25, 0.3) is 0 Å². The molecule has 0 spiro atoms. The fourth-order valence-corrected chi connectivity index (χ4v) is 3.32. The van der Waals surface area contributed by atoms with Crippen LogP contribution < -0.4 is 10.1 Å². The summed E-state index contributed by atoms with van der Waals surface area (Å²) in [5.74, 6) is 0.744. The fourth-order valence-electron chi connectivity index (χ4n) is 2.19. The lowest BCUT2D eigenvalue weighted by Crippen LogP contribution is -2.26. The molecule has 1 aliphatic heterocycles. The molecule has 3 rings (SSSR count). The molecular formula is C13H12Cl2N2OS. The Bertz CT molecular complexity index is 574. The van der Waals surface area contributed by atoms with Crippen LogP contribution in [0.3, 0.4) is 0 Å². The van der Waals surface area contributed by atoms with E-state index in [4.69, 9.17) is 27.9 Å². The van der Waals surface area contributed by atoms with Gasteiger partial charge in [0.2, 0.25) is 0 Å². The summed E-state index contributed by atoms with van der Waals surface area (Å²) in [6.45, 7) is 1.40. The second-order valence-corrected chi connectivity index (χ2v) is 6.13. The van der Waals surface area contributed by atoms with Crippen molar-refractivity contribution in [3.8, 4) is 5.75 Å². The highest BCUT2D eigenvalue weighted by atomic mass is 35.5. The van der Waals surface area contributed by atoms with E-state index in [1.54, 1.807) is 17.4 Å². The summed E-state index contributed by atoms with van der Waals surface area (Å²) in [4.78, 5) is 4.26. The molecule has 2 aromatic rings. The lowest BCUT2D eigenvalue weighted by molar-refractivity contribution is 0.252. The van der Waals surface area contributed by atoms with Crippen LogP contribution in [0.2, 0.25) is 10.0 Å². The van der Waals surface area contributed by atoms with Gasteiger partial charge in [-0.3, -0.25) is 0 Å². The Labute approximate surface area is 125 Å². The first-order chi connectivity index (χ1) is 9.24. The molecule has 1 unspecified atom stereocenters. The predicted octanol–water partition coefficient (Wildman–Crippen LogP) is 4.06. The third-order valence-corrected chi connectivity index (χ3v) is 4.33. The number of benzene rings is 1. The lowest BCUT2D eigenvalue weighted by Gasteiger charge is -2.27. The third-order valence-electron chi connectivity index (χ3n) is 3.05. The van der Waals surface area contributed by atoms with E-state index in [1.807, 2.05) is 17.6 Å². The van der Waals surface area contributed by atoms with Crippen LogP contribution in [0.4, 0.5) is 0 Å². The Balaban J connectivity index is 1.81. The Morgan fingerprint density at radius 1 is 1.42 bits per heavy atom. The topological polar surface area (TPSA) is 34.2 Å². The van der Waals surface area contributed by atoms with E-state index in [1.165, 1.54) is 0 Å². The maximum atomic E-state index is 6.16. The quantitative estimate of drug-likeness (QED) is 0.927. The second-order valence-electron chi connectivity index (χ2n) is 4.30. The lowest BCUT2D eigenvalue weighted by atomic mass is 10.0. The monoisotopic (exact) mass is 314 g/mol. The standard InChI is InChI=1S/C13H12Cl2N2OS/c14-8-5-9-11(17-7-12-16-2-4-19-12)1-3-18-13(9)10(15)6-8/h2,4-6,11,17H,1,3,7H2. The minimum Gasteiger partial charge on any atom is -0.492 e. The van der Waals surface area contributed by atoms with Gasteiger partial charge in [-0.1, -0.05) is 23.2 Å². The molecule has 0 aliphatic carbocycles. The van der Waals surface area contributed by atoms with Gasteiger partial charge in [-0.2, -0.15) is 0 Å². The molecular weight excluding hydrogens is 303 g/mol. The summed E-state index contributed by atoms with van der Waals surface area (Å²) in [5, 5.41) is 7.74. The number of aromatic nitrogens is 1. The van der Waals surface area contributed by atoms with Crippen molar-refractivity contribution in [2.24, 2.45) is 0 Å². The van der Waals surface area contributed by atoms with Gasteiger partial charge in [0.05, 0.1) is 11.6 Å². The number of halogens is 2. The van der Waals surface area contributed by atoms with E-state index in [0.29, 0.717) is 16.7 Å². The van der Waals surface area contributed by atoms with E-state index >= 15 is 0 Å². The van der Waals surface area contributed by atoms with Crippen molar-refractivity contribution in [3.63, 3.8) is 0 Å². The van der Waals surface area contributed by atoms with E-state index in [-0.39, 0.29) is 6.04 Å². The molecule has 3 nitrogen and oxygen atoms in total. The zero-order valence-electron chi connectivity index (χ0n) is 10.0. The molecule has 2 heterocycles. The number of rotatable bonds is 3. The highest BCUT2D eigenvalue weighted by Gasteiger charge is 2.24. The molecule has 0 saturated carbocycles. The first-order valence-corrected chi connectivity index (χ1v) is 7.61. The number of hydrogen-bond donors (Lipinski definition) is 1. The van der Waals surface area contributed by atoms with Gasteiger partial charge in [-0.25, -0.2) is 4.98 Å². The fraction of sp³-hybridized carbons (Fsp3) is 0.308. The largest absolute Gasteiger partial charge is 0.492 e. The molecule has 1 aromatic heterocycles. The third kappa shape index (κ3) is 2.87. The summed E-state index contributed by atoms with van der Waals surface area (Å²) < 4.78 is 5.63. The van der Waals surface area contributed by atoms with Crippen LogP contribution in [0, 0.1) is 0 Å². The van der Waals surface area contributed by atoms with Crippen molar-refractivity contribution in [1.82, 2.24) is 10.3 Å². The number of ether oxygens (including phenoxy) is 1. The van der Waals surface area contributed by atoms with Crippen LogP contribution in [-0.4, -0.2) is 11.6 Å². The molecule has 0 saturated heterocycles. The molecule has 0 fully saturated rings. The van der Waals surface area contributed by atoms with Gasteiger partial charge in [0, 0.05) is 41.2 Å². The highest BCUT2D eigenvalue weighted by Crippen LogP contribution is 2.40. The summed E-state index contributed by atoms with van der Waals surface area (Å²) in [6, 6.07) is 3.83. The Hall–Kier alpha value is -0.810. The van der Waals surface area contributed by atoms with Gasteiger partial charge >= 0.3 is 0 Å². The van der Waals surface area contributed by atoms with Crippen molar-refractivity contribution in [2.75, 3.05) is 6.61 Å². The SMILES string of the molecule is Clc1cc(Cl)c2c(c1)C(NCc1nccs1)CCO2. The Morgan fingerprint density at radius 2 is 2.32 bits per heavy atom. The summed E-state index contributed by atoms with van der Waals surface area (Å²) >= 11 is 13.9. The van der Waals surface area contributed by atoms with Crippen LogP contribution in [0.1, 0.15) is 23.0 Å². The summed E-state index contributed by atoms with van der Waals surface area (Å²) in [6.07, 6.45) is 2.71. The van der Waals surface area contributed by atoms with Crippen molar-refractivity contribution < 1.29 is 4.74 Å². The first-order valence-electron chi connectivity index (χ1n) is 5.97. The molecule has 0 radical (unpaired) electrons. The maximum absolute atomic E-state index is 6.16. The average Bonchev–Trinajstić information content (AvgIpc) is 2.89. The number of nitrogens with zero attached hydrogens (tertiary/aromatic N) is 1. The molecule has 0 amide bonds. The second kappa shape index (κ2) is 5.67. The predicted molar refractivity (Wildman–Crippen MR) is 78.3 cm³/mol. The molecule has 1 atom stereocenters. The van der Waals surface area contributed by atoms with Crippen molar-refractivity contribution in [3.05, 3.63) is 44.3 Å². The molecule has 0 bridgehead atoms. The first kappa shape index (κ1) is 13.2. The smallest absolute Gasteiger partial charge is 0.142 e. The van der Waals surface area contributed by atoms with Gasteiger partial charge in [0.1, 0.15) is 10.8 Å². The van der Waals surface area contributed by atoms with E-state index in [2.05, 4.69) is 10.3 Å². The molecule has 1 aromatic carbocycles. The van der Waals surface area contributed by atoms with Crippen molar-refractivity contribution in [1.29, 1.82) is 0 Å². The maximum Gasteiger partial charge on any atom is 0.142 e. The van der Waals surface area contributed by atoms with Crippen molar-refractivity contribution in [2.45, 2.75) is 19.0 Å². The Kier molecular flexibility index (Phi) is 3.93. The molecule has 6 heteroatoms. The van der Waals surface area contributed by atoms with Crippen LogP contribution in [0.15, 0.2) is 23.7 Å². The summed E-state index contributed by atoms with van der Waals surface area (Å²) in [5.41, 5.74) is 1.03. The van der Waals surface area contributed by atoms with Gasteiger partial charge < -0.3 is 10.1 Å². The Morgan fingerprint density at radius 3 is 3.11 bits per heavy atom. The minimum atomic E-state index is 0.198. The van der Waals surface area contributed by atoms with Crippen LogP contribution >= 0.6 is 34.5 Å². The van der Waals surface area contributed by atoms with Crippen molar-refractivity contribution >= 4 is 34.5 Å². The zero-order valence-corrected chi connectivity index (χ0v) is 12.4. The zero-order chi connectivity index (χ0) is 13.2. The molecule has 1 aliphatic rings. The van der Waals surface area contributed by atoms with Gasteiger partial charge in [-0.05, 0) is 12.1 Å². The number of fused-ring (bicyclic) bond motifs is 1. The normalized spacial score (nSPS) is 17.9. The van der Waals surface area contributed by atoms with Crippen LogP contribution in [0.5, 0.6) is 5.75 Å². The number of hydrogen-bond acceptors (Lipinski definition) is 4. The summed E-state index contributed by atoms with van der Waals surface area (Å²) in [7, 11) is 0. The van der Waals surface area contributed by atoms with Crippen LogP contribution in [-0.2, 0) is 6.54 Å². The van der Waals surface area contributed by atoms with E-state index in [0.717, 1.165) is 29.3 Å². The molecule has 1 N–H and O–H groups in total. The highest BCUT2D eigenvalue weighted by molar-refractivity contribution is 7.09. The molecule has 100 valence electrons. The van der Waals surface area contributed by atoms with Crippen LogP contribution in [0.25, 0.3) is 0 Å². The molecule has 19 heavy (non-hydrogen) atoms. The number of thiazole rings is 1.